The van der Waals surface area contributed by atoms with Gasteiger partial charge >= 0.3 is 0 Å². The Hall–Kier alpha value is -0.200. The quantitative estimate of drug-likeness (QED) is 0.397. The van der Waals surface area contributed by atoms with Gasteiger partial charge in [0.15, 0.2) is 0 Å². The first-order chi connectivity index (χ1) is 6.95. The summed E-state index contributed by atoms with van der Waals surface area (Å²) in [6.45, 7) is 4.93. The van der Waals surface area contributed by atoms with E-state index in [-0.39, 0.29) is 5.48 Å². The van der Waals surface area contributed by atoms with Crippen LogP contribution in [-0.4, -0.2) is 57.3 Å². The maximum Gasteiger partial charge on any atom is 0.104 e. The molecule has 2 aliphatic heterocycles. The lowest BCUT2D eigenvalue weighted by atomic mass is 10.3. The van der Waals surface area contributed by atoms with E-state index in [9.17, 15) is 0 Å². The van der Waals surface area contributed by atoms with E-state index in [1.165, 1.54) is 0 Å². The van der Waals surface area contributed by atoms with Gasteiger partial charge in [-0.2, -0.15) is 0 Å². The number of hydrogen-bond donors (Lipinski definition) is 0. The van der Waals surface area contributed by atoms with Crippen LogP contribution in [0.3, 0.4) is 0 Å². The second kappa shape index (κ2) is 7.14. The van der Waals surface area contributed by atoms with Gasteiger partial charge in [-0.1, -0.05) is 0 Å². The average Bonchev–Trinajstić information content (AvgIpc) is 3.00. The number of ether oxygens (including phenoxy) is 4. The van der Waals surface area contributed by atoms with Crippen LogP contribution in [0.4, 0.5) is 0 Å². The second-order valence-corrected chi connectivity index (χ2v) is 3.77. The zero-order valence-corrected chi connectivity index (χ0v) is 8.94. The summed E-state index contributed by atoms with van der Waals surface area (Å²) in [6, 6.07) is 0. The molecular weight excluding hydrogens is 200 g/mol. The average molecular weight is 220 g/mol. The molecule has 0 spiro atoms. The maximum absolute atomic E-state index is 5.39. The van der Waals surface area contributed by atoms with Crippen molar-refractivity contribution >= 4 is 0 Å². The first-order valence-electron chi connectivity index (χ1n) is 5.34. The number of rotatable bonds is 9. The van der Waals surface area contributed by atoms with Crippen LogP contribution in [0.5, 0.6) is 0 Å². The molecule has 0 aliphatic carbocycles. The van der Waals surface area contributed by atoms with Crippen LogP contribution >= 0.6 is 0 Å². The molecule has 2 N–H and O–H groups in total. The molecule has 0 aromatic carbocycles. The summed E-state index contributed by atoms with van der Waals surface area (Å²) in [5.74, 6) is 0. The van der Waals surface area contributed by atoms with Gasteiger partial charge in [0.1, 0.15) is 12.2 Å². The van der Waals surface area contributed by atoms with Crippen molar-refractivity contribution in [3.05, 3.63) is 0 Å². The summed E-state index contributed by atoms with van der Waals surface area (Å²) in [6.07, 6.45) is 2.91. The SMILES string of the molecule is C(CCOCC1CO1)COCC1CO1.O. The molecule has 0 radical (unpaired) electrons. The Morgan fingerprint density at radius 3 is 1.60 bits per heavy atom. The molecule has 5 nitrogen and oxygen atoms in total. The van der Waals surface area contributed by atoms with Crippen LogP contribution in [0, 0.1) is 0 Å². The molecular formula is C10H20O5. The molecule has 0 amide bonds. The Labute approximate surface area is 89.9 Å². The van der Waals surface area contributed by atoms with E-state index < -0.39 is 0 Å². The molecule has 2 heterocycles. The smallest absolute Gasteiger partial charge is 0.104 e. The molecule has 15 heavy (non-hydrogen) atoms. The Balaban J connectivity index is 0.00000112. The van der Waals surface area contributed by atoms with E-state index in [0.29, 0.717) is 12.2 Å². The molecule has 2 saturated heterocycles. The van der Waals surface area contributed by atoms with Crippen LogP contribution in [0.25, 0.3) is 0 Å². The predicted molar refractivity (Wildman–Crippen MR) is 54.0 cm³/mol. The Bertz CT molecular complexity index is 138. The fourth-order valence-corrected chi connectivity index (χ4v) is 1.17. The molecule has 2 unspecified atom stereocenters. The molecule has 0 aromatic rings. The van der Waals surface area contributed by atoms with E-state index >= 15 is 0 Å². The molecule has 5 heteroatoms. The van der Waals surface area contributed by atoms with Crippen molar-refractivity contribution in [2.45, 2.75) is 25.0 Å². The van der Waals surface area contributed by atoms with Gasteiger partial charge in [0.05, 0.1) is 26.4 Å². The highest BCUT2D eigenvalue weighted by atomic mass is 16.6. The fraction of sp³-hybridized carbons (Fsp3) is 1.00. The second-order valence-electron chi connectivity index (χ2n) is 3.77. The van der Waals surface area contributed by atoms with Gasteiger partial charge in [-0.05, 0) is 12.8 Å². The highest BCUT2D eigenvalue weighted by Crippen LogP contribution is 2.09. The van der Waals surface area contributed by atoms with Crippen LogP contribution in [-0.2, 0) is 18.9 Å². The zero-order valence-electron chi connectivity index (χ0n) is 8.94. The summed E-state index contributed by atoms with van der Waals surface area (Å²) in [5, 5.41) is 0. The lowest BCUT2D eigenvalue weighted by Gasteiger charge is -2.03. The summed E-state index contributed by atoms with van der Waals surface area (Å²) in [7, 11) is 0. The van der Waals surface area contributed by atoms with Gasteiger partial charge in [0.25, 0.3) is 0 Å². The van der Waals surface area contributed by atoms with Crippen molar-refractivity contribution in [3.63, 3.8) is 0 Å². The molecule has 2 aliphatic rings. The summed E-state index contributed by atoms with van der Waals surface area (Å²) in [5.41, 5.74) is 0. The Morgan fingerprint density at radius 1 is 0.867 bits per heavy atom. The zero-order chi connectivity index (χ0) is 9.64. The molecule has 0 saturated carbocycles. The summed E-state index contributed by atoms with van der Waals surface area (Å²) < 4.78 is 20.8. The van der Waals surface area contributed by atoms with E-state index in [1.54, 1.807) is 0 Å². The monoisotopic (exact) mass is 220 g/mol. The van der Waals surface area contributed by atoms with Gasteiger partial charge in [-0.15, -0.1) is 0 Å². The third kappa shape index (κ3) is 6.81. The van der Waals surface area contributed by atoms with Crippen molar-refractivity contribution in [2.24, 2.45) is 0 Å². The standard InChI is InChI=1S/C10H18O4.H2O/c1(3-11-5-9-7-13-9)2-4-12-6-10-8-14-10;/h9-10H,1-8H2;1H2. The van der Waals surface area contributed by atoms with Crippen molar-refractivity contribution in [1.82, 2.24) is 0 Å². The van der Waals surface area contributed by atoms with Crippen LogP contribution in [0.15, 0.2) is 0 Å². The van der Waals surface area contributed by atoms with Gasteiger partial charge in [0.2, 0.25) is 0 Å². The topological polar surface area (TPSA) is 75.0 Å². The summed E-state index contributed by atoms with van der Waals surface area (Å²) in [4.78, 5) is 0. The van der Waals surface area contributed by atoms with Crippen molar-refractivity contribution in [3.8, 4) is 0 Å². The minimum atomic E-state index is 0. The lowest BCUT2D eigenvalue weighted by molar-refractivity contribution is 0.0885. The maximum atomic E-state index is 5.39. The molecule has 2 fully saturated rings. The minimum Gasteiger partial charge on any atom is -0.412 e. The van der Waals surface area contributed by atoms with Crippen molar-refractivity contribution in [1.29, 1.82) is 0 Å². The van der Waals surface area contributed by atoms with E-state index in [1.807, 2.05) is 0 Å². The number of epoxide rings is 2. The Kier molecular flexibility index (Phi) is 6.12. The fourth-order valence-electron chi connectivity index (χ4n) is 1.17. The number of hydrogen-bond acceptors (Lipinski definition) is 4. The third-order valence-corrected chi connectivity index (χ3v) is 2.24. The van der Waals surface area contributed by atoms with Crippen LogP contribution < -0.4 is 0 Å². The summed E-state index contributed by atoms with van der Waals surface area (Å²) >= 11 is 0. The largest absolute Gasteiger partial charge is 0.412 e. The molecule has 0 aromatic heterocycles. The van der Waals surface area contributed by atoms with Gasteiger partial charge in [-0.3, -0.25) is 0 Å². The molecule has 90 valence electrons. The normalized spacial score (nSPS) is 27.2. The highest BCUT2D eigenvalue weighted by Gasteiger charge is 2.22. The first-order valence-corrected chi connectivity index (χ1v) is 5.34. The lowest BCUT2D eigenvalue weighted by Crippen LogP contribution is -2.05. The first kappa shape index (κ1) is 12.9. The van der Waals surface area contributed by atoms with Gasteiger partial charge in [-0.25, -0.2) is 0 Å². The third-order valence-electron chi connectivity index (χ3n) is 2.24. The number of unbranched alkanes of at least 4 members (excludes halogenated alkanes) is 1. The van der Waals surface area contributed by atoms with E-state index in [0.717, 1.165) is 52.5 Å². The minimum absolute atomic E-state index is 0. The predicted octanol–water partition coefficient (Wildman–Crippen LogP) is -0.227. The van der Waals surface area contributed by atoms with Gasteiger partial charge < -0.3 is 24.4 Å². The highest BCUT2D eigenvalue weighted by molar-refractivity contribution is 4.67. The van der Waals surface area contributed by atoms with Crippen molar-refractivity contribution < 1.29 is 24.4 Å². The molecule has 2 atom stereocenters. The molecule has 2 rings (SSSR count). The van der Waals surface area contributed by atoms with Crippen molar-refractivity contribution in [2.75, 3.05) is 39.6 Å². The van der Waals surface area contributed by atoms with E-state index in [2.05, 4.69) is 0 Å². The molecule has 0 bridgehead atoms. The van der Waals surface area contributed by atoms with Crippen LogP contribution in [0.1, 0.15) is 12.8 Å². The van der Waals surface area contributed by atoms with Gasteiger partial charge in [0, 0.05) is 13.2 Å². The van der Waals surface area contributed by atoms with E-state index in [4.69, 9.17) is 18.9 Å². The Morgan fingerprint density at radius 2 is 1.27 bits per heavy atom. The van der Waals surface area contributed by atoms with Crippen LogP contribution in [0.2, 0.25) is 0 Å².